The SMILES string of the molecule is CCOC(=O)N1CCN(C(=O)C23CCC(C)(c4nc(C#N)c(C#N)nc42)C3(C)C)CC1. The van der Waals surface area contributed by atoms with Gasteiger partial charge in [-0.3, -0.25) is 4.79 Å². The molecule has 1 aromatic rings. The molecule has 2 fully saturated rings. The van der Waals surface area contributed by atoms with Gasteiger partial charge in [-0.25, -0.2) is 14.8 Å². The second-order valence-electron chi connectivity index (χ2n) is 9.18. The van der Waals surface area contributed by atoms with Gasteiger partial charge in [0.2, 0.25) is 5.91 Å². The van der Waals surface area contributed by atoms with Gasteiger partial charge in [0.15, 0.2) is 11.4 Å². The standard InChI is InChI=1S/C22H26N6O3/c1-5-31-19(30)28-10-8-27(9-11-28)18(29)22-7-6-21(4,20(22,2)3)16-17(22)26-15(13-24)14(12-23)25-16/h5-11H2,1-4H3. The van der Waals surface area contributed by atoms with Crippen molar-refractivity contribution in [3.05, 3.63) is 22.8 Å². The van der Waals surface area contributed by atoms with Crippen LogP contribution in [0, 0.1) is 28.1 Å². The zero-order valence-electron chi connectivity index (χ0n) is 18.4. The van der Waals surface area contributed by atoms with Crippen LogP contribution in [0.3, 0.4) is 0 Å². The van der Waals surface area contributed by atoms with Crippen LogP contribution in [-0.2, 0) is 20.4 Å². The third-order valence-electron chi connectivity index (χ3n) is 7.94. The van der Waals surface area contributed by atoms with Gasteiger partial charge in [0.05, 0.1) is 23.4 Å². The van der Waals surface area contributed by atoms with Gasteiger partial charge in [-0.2, -0.15) is 10.5 Å². The minimum atomic E-state index is -0.907. The van der Waals surface area contributed by atoms with Crippen LogP contribution in [-0.4, -0.2) is 64.6 Å². The average Bonchev–Trinajstić information content (AvgIpc) is 3.07. The lowest BCUT2D eigenvalue weighted by atomic mass is 9.63. The van der Waals surface area contributed by atoms with Gasteiger partial charge in [-0.05, 0) is 25.2 Å². The molecule has 2 unspecified atom stereocenters. The van der Waals surface area contributed by atoms with E-state index in [-0.39, 0.29) is 23.4 Å². The fraction of sp³-hybridized carbons (Fsp3) is 0.636. The Kier molecular flexibility index (Phi) is 4.69. The van der Waals surface area contributed by atoms with Crippen LogP contribution < -0.4 is 0 Å². The Bertz CT molecular complexity index is 1050. The van der Waals surface area contributed by atoms with Gasteiger partial charge in [-0.1, -0.05) is 20.8 Å². The van der Waals surface area contributed by atoms with Crippen molar-refractivity contribution >= 4 is 12.0 Å². The largest absolute Gasteiger partial charge is 0.450 e. The van der Waals surface area contributed by atoms with E-state index in [1.165, 1.54) is 0 Å². The lowest BCUT2D eigenvalue weighted by Gasteiger charge is -2.44. The van der Waals surface area contributed by atoms with Gasteiger partial charge >= 0.3 is 6.09 Å². The first kappa shape index (κ1) is 21.0. The molecule has 162 valence electrons. The van der Waals surface area contributed by atoms with E-state index in [0.717, 1.165) is 6.42 Å². The molecule has 1 aromatic heterocycles. The summed E-state index contributed by atoms with van der Waals surface area (Å²) in [6.07, 6.45) is 1.01. The van der Waals surface area contributed by atoms with E-state index in [1.807, 2.05) is 12.1 Å². The van der Waals surface area contributed by atoms with Gasteiger partial charge in [-0.15, -0.1) is 0 Å². The van der Waals surface area contributed by atoms with Crippen LogP contribution in [0.5, 0.6) is 0 Å². The molecule has 0 N–H and O–H groups in total. The molecule has 9 nitrogen and oxygen atoms in total. The second-order valence-corrected chi connectivity index (χ2v) is 9.18. The van der Waals surface area contributed by atoms with E-state index in [9.17, 15) is 20.1 Å². The molecule has 0 spiro atoms. The van der Waals surface area contributed by atoms with Gasteiger partial charge in [0.1, 0.15) is 12.1 Å². The molecule has 2 atom stereocenters. The highest BCUT2D eigenvalue weighted by molar-refractivity contribution is 5.92. The van der Waals surface area contributed by atoms with Crippen LogP contribution in [0.15, 0.2) is 0 Å². The Morgan fingerprint density at radius 2 is 1.52 bits per heavy atom. The van der Waals surface area contributed by atoms with Crippen molar-refractivity contribution in [2.75, 3.05) is 32.8 Å². The summed E-state index contributed by atoms with van der Waals surface area (Å²) >= 11 is 0. The highest BCUT2D eigenvalue weighted by Crippen LogP contribution is 2.70. The lowest BCUT2D eigenvalue weighted by Crippen LogP contribution is -2.58. The number of nitriles is 2. The second kappa shape index (κ2) is 6.91. The maximum absolute atomic E-state index is 14.0. The summed E-state index contributed by atoms with van der Waals surface area (Å²) in [4.78, 5) is 38.5. The first-order chi connectivity index (χ1) is 14.7. The van der Waals surface area contributed by atoms with Crippen molar-refractivity contribution in [1.29, 1.82) is 10.5 Å². The van der Waals surface area contributed by atoms with Gasteiger partial charge in [0.25, 0.3) is 0 Å². The number of aromatic nitrogens is 2. The van der Waals surface area contributed by atoms with Gasteiger partial charge < -0.3 is 14.5 Å². The number of rotatable bonds is 2. The molecule has 1 saturated carbocycles. The number of hydrogen-bond donors (Lipinski definition) is 0. The zero-order chi connectivity index (χ0) is 22.6. The first-order valence-electron chi connectivity index (χ1n) is 10.6. The summed E-state index contributed by atoms with van der Waals surface area (Å²) in [5.41, 5.74) is -0.632. The number of ether oxygens (including phenoxy) is 1. The van der Waals surface area contributed by atoms with E-state index >= 15 is 0 Å². The molecular formula is C22H26N6O3. The lowest BCUT2D eigenvalue weighted by molar-refractivity contribution is -0.143. The normalized spacial score (nSPS) is 27.9. The van der Waals surface area contributed by atoms with Crippen molar-refractivity contribution in [1.82, 2.24) is 19.8 Å². The summed E-state index contributed by atoms with van der Waals surface area (Å²) in [6.45, 7) is 9.93. The molecule has 1 saturated heterocycles. The molecule has 0 radical (unpaired) electrons. The Morgan fingerprint density at radius 1 is 0.968 bits per heavy atom. The average molecular weight is 422 g/mol. The quantitative estimate of drug-likeness (QED) is 0.712. The predicted molar refractivity (Wildman–Crippen MR) is 109 cm³/mol. The molecule has 0 aromatic carbocycles. The number of nitrogens with zero attached hydrogens (tertiary/aromatic N) is 6. The molecule has 1 aliphatic heterocycles. The monoisotopic (exact) mass is 422 g/mol. The minimum absolute atomic E-state index is 0.0106. The summed E-state index contributed by atoms with van der Waals surface area (Å²) < 4.78 is 5.07. The van der Waals surface area contributed by atoms with Crippen LogP contribution in [0.2, 0.25) is 0 Å². The molecule has 2 heterocycles. The third kappa shape index (κ3) is 2.52. The Hall–Kier alpha value is -3.20. The number of fused-ring (bicyclic) bond motifs is 5. The Morgan fingerprint density at radius 3 is 2.06 bits per heavy atom. The van der Waals surface area contributed by atoms with E-state index < -0.39 is 16.2 Å². The number of piperazine rings is 1. The van der Waals surface area contributed by atoms with Crippen LogP contribution in [0.1, 0.15) is 63.3 Å². The minimum Gasteiger partial charge on any atom is -0.450 e. The number of hydrogen-bond acceptors (Lipinski definition) is 7. The predicted octanol–water partition coefficient (Wildman–Crippen LogP) is 1.85. The molecule has 2 aliphatic carbocycles. The first-order valence-corrected chi connectivity index (χ1v) is 10.6. The van der Waals surface area contributed by atoms with Crippen molar-refractivity contribution in [3.8, 4) is 12.1 Å². The number of carbonyl (C=O) groups is 2. The molecule has 2 bridgehead atoms. The van der Waals surface area contributed by atoms with Crippen molar-refractivity contribution in [2.24, 2.45) is 5.41 Å². The molecule has 2 amide bonds. The highest BCUT2D eigenvalue weighted by Gasteiger charge is 2.73. The van der Waals surface area contributed by atoms with E-state index in [0.29, 0.717) is 50.6 Å². The maximum Gasteiger partial charge on any atom is 0.409 e. The van der Waals surface area contributed by atoms with Crippen molar-refractivity contribution in [3.63, 3.8) is 0 Å². The third-order valence-corrected chi connectivity index (χ3v) is 7.94. The maximum atomic E-state index is 14.0. The molecule has 31 heavy (non-hydrogen) atoms. The van der Waals surface area contributed by atoms with Gasteiger partial charge in [0, 0.05) is 31.6 Å². The molecule has 9 heteroatoms. The van der Waals surface area contributed by atoms with E-state index in [2.05, 4.69) is 30.7 Å². The zero-order valence-corrected chi connectivity index (χ0v) is 18.4. The van der Waals surface area contributed by atoms with Crippen LogP contribution in [0.25, 0.3) is 0 Å². The smallest absolute Gasteiger partial charge is 0.409 e. The fourth-order valence-corrected chi connectivity index (χ4v) is 5.69. The van der Waals surface area contributed by atoms with Crippen LogP contribution in [0.4, 0.5) is 4.79 Å². The summed E-state index contributed by atoms with van der Waals surface area (Å²) in [6, 6.07) is 3.93. The summed E-state index contributed by atoms with van der Waals surface area (Å²) in [5, 5.41) is 18.9. The molecule has 3 aliphatic rings. The summed E-state index contributed by atoms with van der Waals surface area (Å²) in [5.74, 6) is -0.0358. The van der Waals surface area contributed by atoms with E-state index in [4.69, 9.17) is 4.74 Å². The highest BCUT2D eigenvalue weighted by atomic mass is 16.6. The Balaban J connectivity index is 1.72. The van der Waals surface area contributed by atoms with Crippen LogP contribution >= 0.6 is 0 Å². The van der Waals surface area contributed by atoms with Crippen molar-refractivity contribution < 1.29 is 14.3 Å². The topological polar surface area (TPSA) is 123 Å². The van der Waals surface area contributed by atoms with Crippen molar-refractivity contribution in [2.45, 2.75) is 51.4 Å². The summed E-state index contributed by atoms with van der Waals surface area (Å²) in [7, 11) is 0. The number of carbonyl (C=O) groups excluding carboxylic acids is 2. The van der Waals surface area contributed by atoms with E-state index in [1.54, 1.807) is 16.7 Å². The molecular weight excluding hydrogens is 396 g/mol. The number of amides is 2. The fourth-order valence-electron chi connectivity index (χ4n) is 5.69. The molecule has 4 rings (SSSR count). The Labute approximate surface area is 181 Å².